The highest BCUT2D eigenvalue weighted by Gasteiger charge is 2.40. The van der Waals surface area contributed by atoms with Gasteiger partial charge in [-0.25, -0.2) is 0 Å². The molecule has 0 aromatic heterocycles. The van der Waals surface area contributed by atoms with Crippen LogP contribution in [-0.4, -0.2) is 26.5 Å². The van der Waals surface area contributed by atoms with Crippen LogP contribution in [0.25, 0.3) is 0 Å². The van der Waals surface area contributed by atoms with Crippen LogP contribution in [0.1, 0.15) is 12.0 Å². The van der Waals surface area contributed by atoms with Crippen molar-refractivity contribution in [1.82, 2.24) is 0 Å². The van der Waals surface area contributed by atoms with E-state index in [0.717, 1.165) is 12.8 Å². The molecule has 1 atom stereocenters. The maximum absolute atomic E-state index is 11.1. The van der Waals surface area contributed by atoms with Crippen LogP contribution in [0.5, 0.6) is 0 Å². The lowest BCUT2D eigenvalue weighted by Crippen LogP contribution is -2.51. The quantitative estimate of drug-likeness (QED) is 0.655. The molecule has 0 saturated carbocycles. The largest absolute Gasteiger partial charge is 0.381 e. The van der Waals surface area contributed by atoms with E-state index in [1.807, 2.05) is 6.07 Å². The summed E-state index contributed by atoms with van der Waals surface area (Å²) in [5.41, 5.74) is 4.66. The Hall–Kier alpha value is -0.826. The maximum Gasteiger partial charge on any atom is 0.129 e. The molecule has 0 fully saturated rings. The van der Waals surface area contributed by atoms with Gasteiger partial charge in [0.1, 0.15) is 13.3 Å². The molecule has 1 nitrogen and oxygen atoms in total. The summed E-state index contributed by atoms with van der Waals surface area (Å²) in [5, 5.41) is 10.3. The van der Waals surface area contributed by atoms with Gasteiger partial charge in [-0.2, -0.15) is 0 Å². The van der Waals surface area contributed by atoms with Crippen molar-refractivity contribution in [1.29, 1.82) is 0 Å². The van der Waals surface area contributed by atoms with Crippen LogP contribution in [0.3, 0.4) is 0 Å². The molecular weight excluding hydrogens is 276 g/mol. The number of hydrogen-bond donors (Lipinski definition) is 1. The fraction of sp³-hybridized carbons (Fsp3) is 0.529. The Morgan fingerprint density at radius 3 is 2.00 bits per heavy atom. The molecule has 0 aliphatic carbocycles. The van der Waals surface area contributed by atoms with Crippen molar-refractivity contribution in [3.63, 3.8) is 0 Å². The molecule has 1 N–H and O–H groups in total. The minimum atomic E-state index is -1.76. The van der Waals surface area contributed by atoms with Crippen LogP contribution in [0.4, 0.5) is 0 Å². The van der Waals surface area contributed by atoms with Crippen molar-refractivity contribution in [2.24, 2.45) is 0 Å². The molecule has 0 spiro atoms. The average Bonchev–Trinajstić information content (AvgIpc) is 2.33. The third-order valence-electron chi connectivity index (χ3n) is 3.50. The van der Waals surface area contributed by atoms with E-state index in [1.165, 1.54) is 5.56 Å². The SMILES string of the molecule is C[Si](C)(C)C#CC(O)(CCc1ccccc1)[Si](C)(C)C. The predicted octanol–water partition coefficient (Wildman–Crippen LogP) is 4.11. The van der Waals surface area contributed by atoms with Crippen LogP contribution in [-0.2, 0) is 6.42 Å². The van der Waals surface area contributed by atoms with E-state index >= 15 is 0 Å². The Labute approximate surface area is 126 Å². The van der Waals surface area contributed by atoms with Gasteiger partial charge < -0.3 is 5.11 Å². The maximum atomic E-state index is 11.1. The Kier molecular flexibility index (Phi) is 5.42. The third-order valence-corrected chi connectivity index (χ3v) is 7.23. The normalized spacial score (nSPS) is 15.2. The Morgan fingerprint density at radius 2 is 1.55 bits per heavy atom. The first-order valence-corrected chi connectivity index (χ1v) is 14.3. The average molecular weight is 305 g/mol. The predicted molar refractivity (Wildman–Crippen MR) is 94.2 cm³/mol. The second-order valence-electron chi connectivity index (χ2n) is 7.60. The topological polar surface area (TPSA) is 20.2 Å². The Balaban J connectivity index is 2.92. The summed E-state index contributed by atoms with van der Waals surface area (Å²) in [7, 11) is -3.21. The molecule has 0 bridgehead atoms. The molecule has 110 valence electrons. The minimum absolute atomic E-state index is 0.740. The standard InChI is InChI=1S/C17H28OSi2/c1-19(2,3)15-14-17(18,20(4,5)6)13-12-16-10-8-7-9-11-16/h7-11,18H,12-13H2,1-6H3. The monoisotopic (exact) mass is 304 g/mol. The van der Waals surface area contributed by atoms with Crippen molar-refractivity contribution in [3.8, 4) is 11.5 Å². The zero-order valence-corrected chi connectivity index (χ0v) is 15.7. The highest BCUT2D eigenvalue weighted by atomic mass is 28.3. The first kappa shape index (κ1) is 17.2. The smallest absolute Gasteiger partial charge is 0.129 e. The molecule has 1 aromatic carbocycles. The summed E-state index contributed by atoms with van der Waals surface area (Å²) in [6.45, 7) is 13.3. The van der Waals surface area contributed by atoms with Gasteiger partial charge in [-0.1, -0.05) is 75.5 Å². The van der Waals surface area contributed by atoms with Crippen LogP contribution >= 0.6 is 0 Å². The molecule has 1 unspecified atom stereocenters. The lowest BCUT2D eigenvalue weighted by Gasteiger charge is -2.35. The summed E-state index contributed by atoms with van der Waals surface area (Å²) in [4.78, 5) is 0. The molecule has 20 heavy (non-hydrogen) atoms. The molecule has 0 saturated heterocycles. The van der Waals surface area contributed by atoms with Crippen molar-refractivity contribution in [2.75, 3.05) is 0 Å². The van der Waals surface area contributed by atoms with Gasteiger partial charge in [0.05, 0.1) is 8.07 Å². The molecule has 0 radical (unpaired) electrons. The fourth-order valence-electron chi connectivity index (χ4n) is 1.89. The van der Waals surface area contributed by atoms with E-state index in [4.69, 9.17) is 0 Å². The molecule has 3 heteroatoms. The molecule has 1 aromatic rings. The molecule has 0 aliphatic heterocycles. The molecular formula is C17H28OSi2. The number of benzene rings is 1. The van der Waals surface area contributed by atoms with Gasteiger partial charge in [0, 0.05) is 0 Å². The first-order chi connectivity index (χ1) is 9.04. The fourth-order valence-corrected chi connectivity index (χ4v) is 3.91. The highest BCUT2D eigenvalue weighted by Crippen LogP contribution is 2.26. The molecule has 0 aliphatic rings. The second kappa shape index (κ2) is 6.30. The summed E-state index contributed by atoms with van der Waals surface area (Å²) in [5.74, 6) is 3.28. The lowest BCUT2D eigenvalue weighted by atomic mass is 10.1. The van der Waals surface area contributed by atoms with Crippen molar-refractivity contribution < 1.29 is 5.11 Å². The number of aryl methyl sites for hydroxylation is 1. The van der Waals surface area contributed by atoms with E-state index in [2.05, 4.69) is 75.0 Å². The molecule has 0 heterocycles. The molecule has 0 amide bonds. The zero-order valence-electron chi connectivity index (χ0n) is 13.7. The van der Waals surface area contributed by atoms with Crippen LogP contribution in [0.15, 0.2) is 30.3 Å². The number of rotatable bonds is 4. The first-order valence-electron chi connectivity index (χ1n) is 7.34. The second-order valence-corrected chi connectivity index (χ2v) is 17.7. The van der Waals surface area contributed by atoms with Crippen LogP contribution in [0, 0.1) is 11.5 Å². The van der Waals surface area contributed by atoms with E-state index in [9.17, 15) is 5.11 Å². The van der Waals surface area contributed by atoms with Crippen LogP contribution in [0.2, 0.25) is 39.3 Å². The number of aliphatic hydroxyl groups is 1. The van der Waals surface area contributed by atoms with Crippen molar-refractivity contribution >= 4 is 16.1 Å². The zero-order chi connectivity index (χ0) is 15.4. The van der Waals surface area contributed by atoms with Gasteiger partial charge in [-0.05, 0) is 18.4 Å². The van der Waals surface area contributed by atoms with Gasteiger partial charge >= 0.3 is 0 Å². The van der Waals surface area contributed by atoms with Gasteiger partial charge in [0.25, 0.3) is 0 Å². The summed E-state index contributed by atoms with van der Waals surface area (Å²) >= 11 is 0. The van der Waals surface area contributed by atoms with E-state index in [0.29, 0.717) is 0 Å². The van der Waals surface area contributed by atoms with Gasteiger partial charge in [0.2, 0.25) is 0 Å². The Morgan fingerprint density at radius 1 is 1.00 bits per heavy atom. The lowest BCUT2D eigenvalue weighted by molar-refractivity contribution is 0.166. The van der Waals surface area contributed by atoms with Crippen molar-refractivity contribution in [2.45, 2.75) is 57.3 Å². The highest BCUT2D eigenvalue weighted by molar-refractivity contribution is 6.84. The minimum Gasteiger partial charge on any atom is -0.381 e. The molecule has 1 rings (SSSR count). The van der Waals surface area contributed by atoms with E-state index < -0.39 is 21.4 Å². The summed E-state index contributed by atoms with van der Waals surface area (Å²) in [6.07, 6.45) is 1.63. The van der Waals surface area contributed by atoms with E-state index in [-0.39, 0.29) is 0 Å². The number of hydrogen-bond acceptors (Lipinski definition) is 1. The summed E-state index contributed by atoms with van der Waals surface area (Å²) in [6, 6.07) is 10.4. The van der Waals surface area contributed by atoms with Gasteiger partial charge in [0.15, 0.2) is 0 Å². The van der Waals surface area contributed by atoms with E-state index in [1.54, 1.807) is 0 Å². The van der Waals surface area contributed by atoms with Gasteiger partial charge in [-0.3, -0.25) is 0 Å². The third kappa shape index (κ3) is 5.28. The summed E-state index contributed by atoms with van der Waals surface area (Å²) < 4.78 is 0. The van der Waals surface area contributed by atoms with Gasteiger partial charge in [-0.15, -0.1) is 5.54 Å². The van der Waals surface area contributed by atoms with Crippen LogP contribution < -0.4 is 0 Å². The van der Waals surface area contributed by atoms with Crippen molar-refractivity contribution in [3.05, 3.63) is 35.9 Å². The Bertz CT molecular complexity index is 486.